The Morgan fingerprint density at radius 1 is 1.19 bits per heavy atom. The van der Waals surface area contributed by atoms with Crippen molar-refractivity contribution in [3.05, 3.63) is 41.1 Å². The maximum absolute atomic E-state index is 13.3. The number of piperidine rings is 1. The number of aliphatic imine (C=N–C) groups is 1. The van der Waals surface area contributed by atoms with Crippen LogP contribution in [0.5, 0.6) is 5.75 Å². The molecule has 0 radical (unpaired) electrons. The molecule has 7 heteroatoms. The summed E-state index contributed by atoms with van der Waals surface area (Å²) in [6, 6.07) is 6.14. The van der Waals surface area contributed by atoms with Crippen LogP contribution >= 0.6 is 0 Å². The zero-order valence-corrected chi connectivity index (χ0v) is 18.4. The van der Waals surface area contributed by atoms with Gasteiger partial charge in [0.1, 0.15) is 11.9 Å². The van der Waals surface area contributed by atoms with Crippen molar-refractivity contribution >= 4 is 12.1 Å². The van der Waals surface area contributed by atoms with Gasteiger partial charge >= 0.3 is 0 Å². The minimum atomic E-state index is 0.00277. The van der Waals surface area contributed by atoms with E-state index >= 15 is 0 Å². The Bertz CT molecular complexity index is 895. The fourth-order valence-electron chi connectivity index (χ4n) is 5.46. The highest BCUT2D eigenvalue weighted by Crippen LogP contribution is 2.47. The third-order valence-electron chi connectivity index (χ3n) is 7.56. The van der Waals surface area contributed by atoms with Crippen LogP contribution in [-0.4, -0.2) is 85.4 Å². The molecule has 0 aromatic heterocycles. The molecule has 4 aliphatic heterocycles. The Hall–Kier alpha value is -2.38. The van der Waals surface area contributed by atoms with Gasteiger partial charge < -0.3 is 20.3 Å². The van der Waals surface area contributed by atoms with Crippen molar-refractivity contribution in [3.8, 4) is 5.75 Å². The zero-order valence-electron chi connectivity index (χ0n) is 18.4. The van der Waals surface area contributed by atoms with Crippen LogP contribution in [0.2, 0.25) is 0 Å². The molecular weight excluding hydrogens is 390 g/mol. The second kappa shape index (κ2) is 8.28. The van der Waals surface area contributed by atoms with Crippen molar-refractivity contribution < 1.29 is 9.53 Å². The number of likely N-dealkylation sites (N-methyl/N-ethyl adjacent to an activating group) is 1. The van der Waals surface area contributed by atoms with E-state index < -0.39 is 0 Å². The second-order valence-electron chi connectivity index (χ2n) is 9.24. The van der Waals surface area contributed by atoms with Gasteiger partial charge in [-0.05, 0) is 31.5 Å². The Morgan fingerprint density at radius 2 is 1.97 bits per heavy atom. The summed E-state index contributed by atoms with van der Waals surface area (Å²) < 4.78 is 6.24. The molecule has 166 valence electrons. The van der Waals surface area contributed by atoms with E-state index in [9.17, 15) is 4.79 Å². The highest BCUT2D eigenvalue weighted by molar-refractivity contribution is 5.97. The van der Waals surface area contributed by atoms with E-state index in [1.165, 1.54) is 5.56 Å². The molecule has 31 heavy (non-hydrogen) atoms. The average molecular weight is 424 g/mol. The van der Waals surface area contributed by atoms with Crippen LogP contribution in [0.1, 0.15) is 42.1 Å². The molecule has 5 rings (SSSR count). The summed E-state index contributed by atoms with van der Waals surface area (Å²) in [5.74, 6) is 0.933. The molecule has 4 aliphatic rings. The topological polar surface area (TPSA) is 74.4 Å². The number of para-hydroxylation sites is 1. The zero-order chi connectivity index (χ0) is 21.4. The normalized spacial score (nSPS) is 25.9. The van der Waals surface area contributed by atoms with Crippen molar-refractivity contribution in [2.75, 3.05) is 52.4 Å². The van der Waals surface area contributed by atoms with Gasteiger partial charge in [0.25, 0.3) is 5.91 Å². The van der Waals surface area contributed by atoms with E-state index in [0.717, 1.165) is 82.1 Å². The van der Waals surface area contributed by atoms with Crippen LogP contribution in [0.4, 0.5) is 0 Å². The molecule has 0 aliphatic carbocycles. The van der Waals surface area contributed by atoms with Gasteiger partial charge in [-0.3, -0.25) is 14.7 Å². The maximum Gasteiger partial charge on any atom is 0.257 e. The molecule has 2 saturated heterocycles. The minimum absolute atomic E-state index is 0.00277. The van der Waals surface area contributed by atoms with Crippen molar-refractivity contribution in [1.82, 2.24) is 14.7 Å². The lowest BCUT2D eigenvalue weighted by Crippen LogP contribution is -2.48. The number of rotatable bonds is 3. The molecule has 0 saturated carbocycles. The van der Waals surface area contributed by atoms with E-state index in [1.54, 1.807) is 0 Å². The minimum Gasteiger partial charge on any atom is -0.492 e. The fraction of sp³-hybridized carbons (Fsp3) is 0.583. The summed E-state index contributed by atoms with van der Waals surface area (Å²) in [7, 11) is 0. The Kier molecular flexibility index (Phi) is 5.48. The van der Waals surface area contributed by atoms with Crippen LogP contribution in [0.15, 0.2) is 35.0 Å². The number of likely N-dealkylation sites (tertiary alicyclic amines) is 1. The second-order valence-corrected chi connectivity index (χ2v) is 9.24. The number of carbonyl (C=O) groups excluding carboxylic acids is 1. The number of ether oxygens (including phenoxy) is 1. The first-order valence-electron chi connectivity index (χ1n) is 11.6. The van der Waals surface area contributed by atoms with Gasteiger partial charge in [0, 0.05) is 68.6 Å². The molecule has 0 bridgehead atoms. The summed E-state index contributed by atoms with van der Waals surface area (Å²) in [6.45, 7) is 9.28. The first-order valence-corrected chi connectivity index (χ1v) is 11.6. The molecule has 1 aromatic rings. The largest absolute Gasteiger partial charge is 0.492 e. The number of piperazine rings is 1. The van der Waals surface area contributed by atoms with Gasteiger partial charge in [0.2, 0.25) is 0 Å². The fourth-order valence-corrected chi connectivity index (χ4v) is 5.46. The number of hydrogen-bond acceptors (Lipinski definition) is 6. The molecule has 1 spiro atoms. The van der Waals surface area contributed by atoms with Gasteiger partial charge in [0.05, 0.1) is 12.2 Å². The first-order chi connectivity index (χ1) is 15.1. The number of allylic oxidation sites excluding steroid dienone is 1. The predicted molar refractivity (Wildman–Crippen MR) is 122 cm³/mol. The molecule has 1 unspecified atom stereocenters. The molecule has 4 heterocycles. The van der Waals surface area contributed by atoms with Gasteiger partial charge in [0.15, 0.2) is 0 Å². The van der Waals surface area contributed by atoms with Gasteiger partial charge in [-0.15, -0.1) is 0 Å². The molecule has 1 aromatic carbocycles. The molecule has 7 nitrogen and oxygen atoms in total. The standard InChI is InChI=1S/C24H33N5O2/c1-2-27-12-14-29(15-13-27)23(30)19-4-3-5-20-22(19)31-17-24(20)7-10-28(11-8-24)21-16-18(25)6-9-26-21/h3-6,9,21H,2,7-8,10-17,25H2,1H3. The number of benzene rings is 1. The van der Waals surface area contributed by atoms with Crippen LogP contribution in [0.3, 0.4) is 0 Å². The van der Waals surface area contributed by atoms with Gasteiger partial charge in [-0.2, -0.15) is 0 Å². The summed E-state index contributed by atoms with van der Waals surface area (Å²) in [6.07, 6.45) is 6.72. The SMILES string of the molecule is CCN1CCN(C(=O)c2cccc3c2OCC32CCN(C3CC(N)=CC=N3)CC2)CC1. The Morgan fingerprint density at radius 3 is 2.68 bits per heavy atom. The smallest absolute Gasteiger partial charge is 0.257 e. The van der Waals surface area contributed by atoms with Gasteiger partial charge in [-0.25, -0.2) is 0 Å². The first kappa shape index (κ1) is 20.5. The molecule has 2 fully saturated rings. The summed E-state index contributed by atoms with van der Waals surface area (Å²) in [5.41, 5.74) is 8.87. The lowest BCUT2D eigenvalue weighted by atomic mass is 9.74. The van der Waals surface area contributed by atoms with Gasteiger partial charge in [-0.1, -0.05) is 19.1 Å². The maximum atomic E-state index is 13.3. The van der Waals surface area contributed by atoms with E-state index in [4.69, 9.17) is 10.5 Å². The summed E-state index contributed by atoms with van der Waals surface area (Å²) in [4.78, 5) is 24.7. The van der Waals surface area contributed by atoms with E-state index in [-0.39, 0.29) is 17.5 Å². The third kappa shape index (κ3) is 3.74. The third-order valence-corrected chi connectivity index (χ3v) is 7.56. The molecular formula is C24H33N5O2. The number of fused-ring (bicyclic) bond motifs is 2. The Balaban J connectivity index is 1.30. The number of nitrogens with two attached hydrogens (primary N) is 1. The van der Waals surface area contributed by atoms with E-state index in [1.807, 2.05) is 29.3 Å². The quantitative estimate of drug-likeness (QED) is 0.803. The van der Waals surface area contributed by atoms with Crippen molar-refractivity contribution in [3.63, 3.8) is 0 Å². The van der Waals surface area contributed by atoms with Crippen LogP contribution in [-0.2, 0) is 5.41 Å². The molecule has 2 N–H and O–H groups in total. The number of nitrogens with zero attached hydrogens (tertiary/aromatic N) is 4. The Labute approximate surface area is 184 Å². The number of amides is 1. The van der Waals surface area contributed by atoms with E-state index in [2.05, 4.69) is 27.8 Å². The van der Waals surface area contributed by atoms with Crippen molar-refractivity contribution in [2.24, 2.45) is 10.7 Å². The predicted octanol–water partition coefficient (Wildman–Crippen LogP) is 1.83. The van der Waals surface area contributed by atoms with Crippen LogP contribution in [0, 0.1) is 0 Å². The summed E-state index contributed by atoms with van der Waals surface area (Å²) >= 11 is 0. The highest BCUT2D eigenvalue weighted by Gasteiger charge is 2.45. The number of dihydropyridines is 1. The lowest BCUT2D eigenvalue weighted by molar-refractivity contribution is 0.0639. The summed E-state index contributed by atoms with van der Waals surface area (Å²) in [5, 5.41) is 0. The monoisotopic (exact) mass is 423 g/mol. The lowest BCUT2D eigenvalue weighted by Gasteiger charge is -2.41. The molecule has 1 atom stereocenters. The van der Waals surface area contributed by atoms with E-state index in [0.29, 0.717) is 6.61 Å². The van der Waals surface area contributed by atoms with Crippen LogP contribution in [0.25, 0.3) is 0 Å². The van der Waals surface area contributed by atoms with Crippen molar-refractivity contribution in [1.29, 1.82) is 0 Å². The number of carbonyl (C=O) groups is 1. The van der Waals surface area contributed by atoms with Crippen molar-refractivity contribution in [2.45, 2.75) is 37.8 Å². The van der Waals surface area contributed by atoms with Crippen LogP contribution < -0.4 is 10.5 Å². The average Bonchev–Trinajstić information content (AvgIpc) is 3.17. The molecule has 1 amide bonds. The highest BCUT2D eigenvalue weighted by atomic mass is 16.5. The number of hydrogen-bond donors (Lipinski definition) is 1.